The van der Waals surface area contributed by atoms with E-state index in [4.69, 9.17) is 14.6 Å². The number of rotatable bonds is 8. The van der Waals surface area contributed by atoms with Crippen LogP contribution in [0.25, 0.3) is 0 Å². The number of ether oxygens (including phenoxy) is 2. The normalized spacial score (nSPS) is 10.1. The van der Waals surface area contributed by atoms with Gasteiger partial charge in [-0.1, -0.05) is 0 Å². The van der Waals surface area contributed by atoms with Crippen LogP contribution < -0.4 is 0 Å². The lowest BCUT2D eigenvalue weighted by atomic mass is 10.2. The van der Waals surface area contributed by atoms with Crippen LogP contribution in [0.2, 0.25) is 0 Å². The average Bonchev–Trinajstić information content (AvgIpc) is 2.02. The number of carboxylic acids is 1. The van der Waals surface area contributed by atoms with Gasteiger partial charge in [-0.25, -0.2) is 4.79 Å². The fraction of sp³-hybridized carbons (Fsp3) is 0.875. The van der Waals surface area contributed by atoms with Crippen molar-refractivity contribution in [1.82, 2.24) is 0 Å². The molecule has 4 heteroatoms. The minimum absolute atomic E-state index is 0.190. The second kappa shape index (κ2) is 8.49. The molecular weight excluding hydrogens is 160 g/mol. The molecule has 0 amide bonds. The molecule has 0 fully saturated rings. The van der Waals surface area contributed by atoms with E-state index in [-0.39, 0.29) is 6.61 Å². The highest BCUT2D eigenvalue weighted by atomic mass is 16.5. The first-order valence-corrected chi connectivity index (χ1v) is 4.06. The Bertz CT molecular complexity index is 114. The Kier molecular flexibility index (Phi) is 8.05. The quantitative estimate of drug-likeness (QED) is 0.558. The summed E-state index contributed by atoms with van der Waals surface area (Å²) >= 11 is 0. The zero-order chi connectivity index (χ0) is 9.23. The highest BCUT2D eigenvalue weighted by molar-refractivity contribution is 5.67. The fourth-order valence-corrected chi connectivity index (χ4v) is 0.787. The SMILES string of the molecule is COCCCCCOCC(=O)O. The first-order chi connectivity index (χ1) is 5.77. The zero-order valence-electron chi connectivity index (χ0n) is 7.41. The van der Waals surface area contributed by atoms with Crippen molar-refractivity contribution in [1.29, 1.82) is 0 Å². The van der Waals surface area contributed by atoms with Crippen LogP contribution in [0.4, 0.5) is 0 Å². The van der Waals surface area contributed by atoms with Gasteiger partial charge in [0.25, 0.3) is 0 Å². The molecule has 0 aromatic carbocycles. The van der Waals surface area contributed by atoms with Crippen molar-refractivity contribution < 1.29 is 19.4 Å². The Hall–Kier alpha value is -0.610. The fourth-order valence-electron chi connectivity index (χ4n) is 0.787. The van der Waals surface area contributed by atoms with E-state index in [1.165, 1.54) is 0 Å². The van der Waals surface area contributed by atoms with E-state index in [1.54, 1.807) is 7.11 Å². The minimum Gasteiger partial charge on any atom is -0.480 e. The number of carbonyl (C=O) groups is 1. The van der Waals surface area contributed by atoms with E-state index in [0.29, 0.717) is 6.61 Å². The number of methoxy groups -OCH3 is 1. The number of aliphatic carboxylic acids is 1. The van der Waals surface area contributed by atoms with Crippen LogP contribution in [0.3, 0.4) is 0 Å². The predicted molar refractivity (Wildman–Crippen MR) is 44.2 cm³/mol. The van der Waals surface area contributed by atoms with Crippen molar-refractivity contribution >= 4 is 5.97 Å². The van der Waals surface area contributed by atoms with Gasteiger partial charge in [0, 0.05) is 20.3 Å². The summed E-state index contributed by atoms with van der Waals surface area (Å²) in [5.41, 5.74) is 0. The monoisotopic (exact) mass is 176 g/mol. The Morgan fingerprint density at radius 1 is 1.25 bits per heavy atom. The van der Waals surface area contributed by atoms with E-state index in [1.807, 2.05) is 0 Å². The van der Waals surface area contributed by atoms with Crippen LogP contribution in [0, 0.1) is 0 Å². The van der Waals surface area contributed by atoms with Crippen molar-refractivity contribution in [3.8, 4) is 0 Å². The molecule has 0 heterocycles. The first kappa shape index (κ1) is 11.4. The predicted octanol–water partition coefficient (Wildman–Crippen LogP) is 0.904. The Balaban J connectivity index is 2.86. The molecule has 0 aromatic rings. The average molecular weight is 176 g/mol. The Morgan fingerprint density at radius 3 is 2.50 bits per heavy atom. The van der Waals surface area contributed by atoms with Gasteiger partial charge in [-0.05, 0) is 19.3 Å². The second-order valence-corrected chi connectivity index (χ2v) is 2.50. The summed E-state index contributed by atoms with van der Waals surface area (Å²) in [4.78, 5) is 9.99. The van der Waals surface area contributed by atoms with Crippen LogP contribution in [-0.2, 0) is 14.3 Å². The summed E-state index contributed by atoms with van der Waals surface area (Å²) in [6.45, 7) is 1.10. The molecule has 0 aromatic heterocycles. The maximum Gasteiger partial charge on any atom is 0.329 e. The molecule has 0 aliphatic carbocycles. The number of carboxylic acid groups (broad SMARTS) is 1. The van der Waals surface area contributed by atoms with E-state index in [2.05, 4.69) is 0 Å². The Labute approximate surface area is 72.5 Å². The lowest BCUT2D eigenvalue weighted by Gasteiger charge is -2.00. The molecule has 0 bridgehead atoms. The van der Waals surface area contributed by atoms with Gasteiger partial charge in [-0.3, -0.25) is 0 Å². The number of hydrogen-bond donors (Lipinski definition) is 1. The van der Waals surface area contributed by atoms with Crippen LogP contribution in [-0.4, -0.2) is 38.0 Å². The topological polar surface area (TPSA) is 55.8 Å². The molecule has 12 heavy (non-hydrogen) atoms. The molecule has 0 aliphatic heterocycles. The van der Waals surface area contributed by atoms with Gasteiger partial charge in [0.2, 0.25) is 0 Å². The second-order valence-electron chi connectivity index (χ2n) is 2.50. The molecule has 0 radical (unpaired) electrons. The van der Waals surface area contributed by atoms with Crippen molar-refractivity contribution in [2.24, 2.45) is 0 Å². The molecule has 0 aliphatic rings. The summed E-state index contributed by atoms with van der Waals surface area (Å²) < 4.78 is 9.69. The lowest BCUT2D eigenvalue weighted by molar-refractivity contribution is -0.142. The molecule has 1 N–H and O–H groups in total. The number of hydrogen-bond acceptors (Lipinski definition) is 3. The van der Waals surface area contributed by atoms with Gasteiger partial charge in [0.05, 0.1) is 0 Å². The summed E-state index contributed by atoms with van der Waals surface area (Å²) in [6, 6.07) is 0. The van der Waals surface area contributed by atoms with Gasteiger partial charge in [0.1, 0.15) is 6.61 Å². The third-order valence-corrected chi connectivity index (χ3v) is 1.36. The summed E-state index contributed by atoms with van der Waals surface area (Å²) in [7, 11) is 1.67. The molecule has 0 atom stereocenters. The van der Waals surface area contributed by atoms with E-state index in [9.17, 15) is 4.79 Å². The first-order valence-electron chi connectivity index (χ1n) is 4.06. The maximum atomic E-state index is 9.99. The largest absolute Gasteiger partial charge is 0.480 e. The third-order valence-electron chi connectivity index (χ3n) is 1.36. The van der Waals surface area contributed by atoms with E-state index < -0.39 is 5.97 Å². The van der Waals surface area contributed by atoms with Crippen molar-refractivity contribution in [2.45, 2.75) is 19.3 Å². The van der Waals surface area contributed by atoms with Gasteiger partial charge in [0.15, 0.2) is 0 Å². The molecule has 72 valence electrons. The van der Waals surface area contributed by atoms with Gasteiger partial charge in [-0.2, -0.15) is 0 Å². The number of unbranched alkanes of at least 4 members (excludes halogenated alkanes) is 2. The minimum atomic E-state index is -0.910. The highest BCUT2D eigenvalue weighted by Crippen LogP contribution is 1.95. The molecule has 0 unspecified atom stereocenters. The highest BCUT2D eigenvalue weighted by Gasteiger charge is 1.95. The van der Waals surface area contributed by atoms with Crippen LogP contribution in [0.1, 0.15) is 19.3 Å². The van der Waals surface area contributed by atoms with Gasteiger partial charge >= 0.3 is 5.97 Å². The molecule has 0 saturated heterocycles. The van der Waals surface area contributed by atoms with Crippen LogP contribution in [0.5, 0.6) is 0 Å². The Morgan fingerprint density at radius 2 is 1.92 bits per heavy atom. The van der Waals surface area contributed by atoms with Crippen molar-refractivity contribution in [2.75, 3.05) is 26.9 Å². The summed E-state index contributed by atoms with van der Waals surface area (Å²) in [5.74, 6) is -0.910. The molecular formula is C8H16O4. The van der Waals surface area contributed by atoms with E-state index >= 15 is 0 Å². The van der Waals surface area contributed by atoms with Crippen molar-refractivity contribution in [3.05, 3.63) is 0 Å². The van der Waals surface area contributed by atoms with Crippen LogP contribution >= 0.6 is 0 Å². The van der Waals surface area contributed by atoms with Crippen molar-refractivity contribution in [3.63, 3.8) is 0 Å². The molecule has 4 nitrogen and oxygen atoms in total. The smallest absolute Gasteiger partial charge is 0.329 e. The third kappa shape index (κ3) is 9.39. The summed E-state index contributed by atoms with van der Waals surface area (Å²) in [5, 5.41) is 8.21. The molecule has 0 spiro atoms. The standard InChI is InChI=1S/C8H16O4/c1-11-5-3-2-4-6-12-7-8(9)10/h2-7H2,1H3,(H,9,10). The lowest BCUT2D eigenvalue weighted by Crippen LogP contribution is -2.07. The summed E-state index contributed by atoms with van der Waals surface area (Å²) in [6.07, 6.45) is 2.93. The van der Waals surface area contributed by atoms with Gasteiger partial charge < -0.3 is 14.6 Å². The molecule has 0 saturated carbocycles. The van der Waals surface area contributed by atoms with Gasteiger partial charge in [-0.15, -0.1) is 0 Å². The molecule has 0 rings (SSSR count). The van der Waals surface area contributed by atoms with Crippen LogP contribution in [0.15, 0.2) is 0 Å². The van der Waals surface area contributed by atoms with E-state index in [0.717, 1.165) is 25.9 Å². The maximum absolute atomic E-state index is 9.99. The zero-order valence-corrected chi connectivity index (χ0v) is 7.41.